The van der Waals surface area contributed by atoms with E-state index < -0.39 is 0 Å². The molecule has 3 unspecified atom stereocenters. The smallest absolute Gasteiger partial charge is 0.128 e. The average molecular weight is 289 g/mol. The molecule has 1 aliphatic carbocycles. The number of ether oxygens (including phenoxy) is 2. The van der Waals surface area contributed by atoms with Crippen molar-refractivity contribution in [3.63, 3.8) is 0 Å². The van der Waals surface area contributed by atoms with E-state index in [2.05, 4.69) is 31.4 Å². The van der Waals surface area contributed by atoms with Crippen LogP contribution >= 0.6 is 0 Å². The van der Waals surface area contributed by atoms with Gasteiger partial charge in [0.1, 0.15) is 17.1 Å². The van der Waals surface area contributed by atoms with Gasteiger partial charge in [0.2, 0.25) is 0 Å². The molecule has 1 N–H and O–H groups in total. The molecule has 1 saturated carbocycles. The van der Waals surface area contributed by atoms with E-state index >= 15 is 0 Å². The van der Waals surface area contributed by atoms with Gasteiger partial charge < -0.3 is 14.8 Å². The number of benzene rings is 1. The van der Waals surface area contributed by atoms with Crippen LogP contribution in [0.4, 0.5) is 0 Å². The summed E-state index contributed by atoms with van der Waals surface area (Å²) in [7, 11) is 3.76. The highest BCUT2D eigenvalue weighted by Gasteiger charge is 2.41. The Morgan fingerprint density at radius 3 is 2.90 bits per heavy atom. The van der Waals surface area contributed by atoms with Crippen molar-refractivity contribution in [1.29, 1.82) is 0 Å². The van der Waals surface area contributed by atoms with Crippen molar-refractivity contribution in [3.8, 4) is 11.5 Å². The van der Waals surface area contributed by atoms with E-state index in [0.29, 0.717) is 6.04 Å². The van der Waals surface area contributed by atoms with Crippen LogP contribution in [0.25, 0.3) is 0 Å². The first-order valence-electron chi connectivity index (χ1n) is 8.20. The monoisotopic (exact) mass is 289 g/mol. The maximum absolute atomic E-state index is 6.54. The standard InChI is InChI=1S/C18H27NO2/c1-13-5-4-9-18(10-8-13)12-16(19-2)15-7-6-14(20-3)11-17(15)21-18/h6-7,11,13,16,19H,4-5,8-10,12H2,1-3H3. The molecular weight excluding hydrogens is 262 g/mol. The van der Waals surface area contributed by atoms with E-state index in [4.69, 9.17) is 9.47 Å². The van der Waals surface area contributed by atoms with Crippen molar-refractivity contribution in [1.82, 2.24) is 5.32 Å². The van der Waals surface area contributed by atoms with Crippen LogP contribution < -0.4 is 14.8 Å². The Morgan fingerprint density at radius 2 is 2.14 bits per heavy atom. The molecule has 1 heterocycles. The minimum Gasteiger partial charge on any atom is -0.497 e. The predicted octanol–water partition coefficient (Wildman–Crippen LogP) is 4.08. The van der Waals surface area contributed by atoms with E-state index in [1.54, 1.807) is 7.11 Å². The molecule has 3 atom stereocenters. The first-order valence-corrected chi connectivity index (χ1v) is 8.20. The Kier molecular flexibility index (Phi) is 4.12. The molecule has 1 fully saturated rings. The molecule has 0 bridgehead atoms. The SMILES string of the molecule is CNC1CC2(CCCC(C)CC2)Oc2cc(OC)ccc21. The Morgan fingerprint density at radius 1 is 1.29 bits per heavy atom. The van der Waals surface area contributed by atoms with Crippen molar-refractivity contribution in [2.45, 2.75) is 57.1 Å². The van der Waals surface area contributed by atoms with Gasteiger partial charge >= 0.3 is 0 Å². The lowest BCUT2D eigenvalue weighted by atomic mass is 9.82. The summed E-state index contributed by atoms with van der Waals surface area (Å²) in [6.07, 6.45) is 7.30. The highest BCUT2D eigenvalue weighted by Crippen LogP contribution is 2.46. The van der Waals surface area contributed by atoms with Gasteiger partial charge in [0.25, 0.3) is 0 Å². The third kappa shape index (κ3) is 2.89. The van der Waals surface area contributed by atoms with Crippen molar-refractivity contribution in [2.75, 3.05) is 14.2 Å². The van der Waals surface area contributed by atoms with Gasteiger partial charge in [-0.3, -0.25) is 0 Å². The lowest BCUT2D eigenvalue weighted by Crippen LogP contribution is -2.43. The van der Waals surface area contributed by atoms with Gasteiger partial charge in [0.05, 0.1) is 7.11 Å². The van der Waals surface area contributed by atoms with Gasteiger partial charge in [0, 0.05) is 24.1 Å². The fourth-order valence-electron chi connectivity index (χ4n) is 3.89. The maximum atomic E-state index is 6.54. The zero-order valence-electron chi connectivity index (χ0n) is 13.4. The number of fused-ring (bicyclic) bond motifs is 1. The predicted molar refractivity (Wildman–Crippen MR) is 85.0 cm³/mol. The number of methoxy groups -OCH3 is 1. The summed E-state index contributed by atoms with van der Waals surface area (Å²) >= 11 is 0. The van der Waals surface area contributed by atoms with Crippen molar-refractivity contribution < 1.29 is 9.47 Å². The Hall–Kier alpha value is -1.22. The summed E-state index contributed by atoms with van der Waals surface area (Å²) in [5.74, 6) is 2.71. The van der Waals surface area contributed by atoms with E-state index in [1.807, 2.05) is 6.07 Å². The zero-order valence-corrected chi connectivity index (χ0v) is 13.4. The molecule has 116 valence electrons. The lowest BCUT2D eigenvalue weighted by Gasteiger charge is -2.42. The van der Waals surface area contributed by atoms with Gasteiger partial charge in [0.15, 0.2) is 0 Å². The van der Waals surface area contributed by atoms with Crippen LogP contribution in [0, 0.1) is 5.92 Å². The average Bonchev–Trinajstić information content (AvgIpc) is 2.68. The first-order chi connectivity index (χ1) is 10.2. The van der Waals surface area contributed by atoms with Crippen LogP contribution in [0.2, 0.25) is 0 Å². The van der Waals surface area contributed by atoms with Crippen LogP contribution in [0.1, 0.15) is 57.1 Å². The second kappa shape index (κ2) is 5.88. The van der Waals surface area contributed by atoms with Crippen LogP contribution in [0.3, 0.4) is 0 Å². The minimum atomic E-state index is 0.0117. The second-order valence-corrected chi connectivity index (χ2v) is 6.77. The number of nitrogens with one attached hydrogen (secondary N) is 1. The molecule has 3 nitrogen and oxygen atoms in total. The summed E-state index contributed by atoms with van der Waals surface area (Å²) in [5, 5.41) is 3.48. The molecule has 3 heteroatoms. The molecule has 1 aromatic rings. The Bertz CT molecular complexity index is 502. The van der Waals surface area contributed by atoms with Gasteiger partial charge in [-0.1, -0.05) is 19.4 Å². The summed E-state index contributed by atoms with van der Waals surface area (Å²) in [4.78, 5) is 0. The second-order valence-electron chi connectivity index (χ2n) is 6.77. The third-order valence-electron chi connectivity index (χ3n) is 5.27. The fourth-order valence-corrected chi connectivity index (χ4v) is 3.89. The van der Waals surface area contributed by atoms with Crippen LogP contribution in [-0.4, -0.2) is 19.8 Å². The van der Waals surface area contributed by atoms with Gasteiger partial charge in [-0.15, -0.1) is 0 Å². The molecule has 1 aromatic carbocycles. The summed E-state index contributed by atoms with van der Waals surface area (Å²) in [5.41, 5.74) is 1.28. The molecule has 2 aliphatic rings. The third-order valence-corrected chi connectivity index (χ3v) is 5.27. The van der Waals surface area contributed by atoms with E-state index in [1.165, 1.54) is 37.7 Å². The molecule has 0 amide bonds. The molecule has 0 aromatic heterocycles. The van der Waals surface area contributed by atoms with Gasteiger partial charge in [-0.25, -0.2) is 0 Å². The van der Waals surface area contributed by atoms with E-state index in [0.717, 1.165) is 23.8 Å². The highest BCUT2D eigenvalue weighted by atomic mass is 16.5. The quantitative estimate of drug-likeness (QED) is 0.890. The zero-order chi connectivity index (χ0) is 14.9. The normalized spacial score (nSPS) is 32.1. The van der Waals surface area contributed by atoms with Gasteiger partial charge in [-0.05, 0) is 44.7 Å². The largest absolute Gasteiger partial charge is 0.497 e. The fraction of sp³-hybridized carbons (Fsp3) is 0.667. The molecule has 1 aliphatic heterocycles. The molecule has 0 saturated heterocycles. The van der Waals surface area contributed by atoms with Crippen molar-refractivity contribution in [2.24, 2.45) is 5.92 Å². The molecule has 0 radical (unpaired) electrons. The Labute approximate surface area is 128 Å². The number of hydrogen-bond donors (Lipinski definition) is 1. The van der Waals surface area contributed by atoms with Crippen molar-refractivity contribution in [3.05, 3.63) is 23.8 Å². The maximum Gasteiger partial charge on any atom is 0.128 e. The van der Waals surface area contributed by atoms with Crippen LogP contribution in [0.5, 0.6) is 11.5 Å². The van der Waals surface area contributed by atoms with Crippen molar-refractivity contribution >= 4 is 0 Å². The minimum absolute atomic E-state index is 0.0117. The van der Waals surface area contributed by atoms with Gasteiger partial charge in [-0.2, -0.15) is 0 Å². The number of rotatable bonds is 2. The van der Waals surface area contributed by atoms with E-state index in [9.17, 15) is 0 Å². The summed E-state index contributed by atoms with van der Waals surface area (Å²) < 4.78 is 11.9. The van der Waals surface area contributed by atoms with Crippen LogP contribution in [0.15, 0.2) is 18.2 Å². The summed E-state index contributed by atoms with van der Waals surface area (Å²) in [6.45, 7) is 2.37. The molecular formula is C18H27NO2. The number of hydrogen-bond acceptors (Lipinski definition) is 3. The molecule has 21 heavy (non-hydrogen) atoms. The van der Waals surface area contributed by atoms with E-state index in [-0.39, 0.29) is 5.60 Å². The topological polar surface area (TPSA) is 30.5 Å². The Balaban J connectivity index is 1.92. The molecule has 3 rings (SSSR count). The highest BCUT2D eigenvalue weighted by molar-refractivity contribution is 5.44. The summed E-state index contributed by atoms with van der Waals surface area (Å²) in [6, 6.07) is 6.60. The first kappa shape index (κ1) is 14.7. The lowest BCUT2D eigenvalue weighted by molar-refractivity contribution is 0.0162. The molecule has 1 spiro atoms. The van der Waals surface area contributed by atoms with Crippen LogP contribution in [-0.2, 0) is 0 Å².